The number of rotatable bonds is 4. The fourth-order valence-electron chi connectivity index (χ4n) is 3.63. The van der Waals surface area contributed by atoms with Crippen LogP contribution in [0.3, 0.4) is 0 Å². The highest BCUT2D eigenvalue weighted by molar-refractivity contribution is 5.99. The van der Waals surface area contributed by atoms with Crippen molar-refractivity contribution in [3.05, 3.63) is 81.0 Å². The fourth-order valence-corrected chi connectivity index (χ4v) is 3.63. The number of hydrogen-bond donors (Lipinski definition) is 1. The SMILES string of the molecule is Cc1ccc2oc3c(c(=O)c2c1)[C@@H](c1cccc(F)c1)N(CCCO)C3=O. The predicted octanol–water partition coefficient (Wildman–Crippen LogP) is 3.17. The normalized spacial score (nSPS) is 16.2. The van der Waals surface area contributed by atoms with E-state index in [0.717, 1.165) is 5.56 Å². The van der Waals surface area contributed by atoms with Crippen molar-refractivity contribution < 1.29 is 18.7 Å². The summed E-state index contributed by atoms with van der Waals surface area (Å²) in [5.41, 5.74) is 1.68. The van der Waals surface area contributed by atoms with Crippen molar-refractivity contribution >= 4 is 16.9 Å². The van der Waals surface area contributed by atoms with Gasteiger partial charge in [0.1, 0.15) is 11.4 Å². The van der Waals surface area contributed by atoms with Gasteiger partial charge in [-0.25, -0.2) is 4.39 Å². The van der Waals surface area contributed by atoms with E-state index >= 15 is 0 Å². The molecule has 0 unspecified atom stereocenters. The van der Waals surface area contributed by atoms with Gasteiger partial charge in [0.25, 0.3) is 5.91 Å². The molecule has 1 aromatic heterocycles. The molecule has 0 fully saturated rings. The van der Waals surface area contributed by atoms with E-state index in [1.807, 2.05) is 13.0 Å². The molecule has 6 heteroatoms. The van der Waals surface area contributed by atoms with Crippen molar-refractivity contribution in [1.29, 1.82) is 0 Å². The lowest BCUT2D eigenvalue weighted by Gasteiger charge is -2.24. The lowest BCUT2D eigenvalue weighted by molar-refractivity contribution is 0.0716. The minimum absolute atomic E-state index is 0.0106. The van der Waals surface area contributed by atoms with Crippen molar-refractivity contribution in [1.82, 2.24) is 4.90 Å². The molecule has 0 bridgehead atoms. The molecule has 1 N–H and O–H groups in total. The highest BCUT2D eigenvalue weighted by atomic mass is 19.1. The van der Waals surface area contributed by atoms with Crippen LogP contribution in [0, 0.1) is 12.7 Å². The molecule has 1 aliphatic rings. The van der Waals surface area contributed by atoms with Crippen LogP contribution in [0.25, 0.3) is 11.0 Å². The first kappa shape index (κ1) is 17.4. The minimum atomic E-state index is -0.740. The van der Waals surface area contributed by atoms with Gasteiger partial charge >= 0.3 is 0 Å². The van der Waals surface area contributed by atoms with Gasteiger partial charge in [0.15, 0.2) is 5.43 Å². The molecule has 2 heterocycles. The lowest BCUT2D eigenvalue weighted by Crippen LogP contribution is -2.31. The summed E-state index contributed by atoms with van der Waals surface area (Å²) < 4.78 is 19.6. The number of aliphatic hydroxyl groups is 1. The number of nitrogens with zero attached hydrogens (tertiary/aromatic N) is 1. The Hall–Kier alpha value is -2.99. The van der Waals surface area contributed by atoms with E-state index in [4.69, 9.17) is 4.42 Å². The number of aryl methyl sites for hydroxylation is 1. The van der Waals surface area contributed by atoms with Gasteiger partial charge in [0.2, 0.25) is 5.76 Å². The van der Waals surface area contributed by atoms with Crippen LogP contribution in [0.4, 0.5) is 4.39 Å². The first-order valence-electron chi connectivity index (χ1n) is 8.76. The van der Waals surface area contributed by atoms with Crippen molar-refractivity contribution in [3.8, 4) is 0 Å². The Labute approximate surface area is 154 Å². The zero-order chi connectivity index (χ0) is 19.1. The van der Waals surface area contributed by atoms with Crippen LogP contribution < -0.4 is 5.43 Å². The van der Waals surface area contributed by atoms with E-state index in [-0.39, 0.29) is 29.9 Å². The number of amides is 1. The molecular weight excluding hydrogens is 349 g/mol. The molecule has 0 aliphatic carbocycles. The highest BCUT2D eigenvalue weighted by Crippen LogP contribution is 2.38. The first-order valence-corrected chi connectivity index (χ1v) is 8.76. The summed E-state index contributed by atoms with van der Waals surface area (Å²) in [7, 11) is 0. The number of aliphatic hydroxyl groups excluding tert-OH is 1. The van der Waals surface area contributed by atoms with E-state index in [9.17, 15) is 19.1 Å². The minimum Gasteiger partial charge on any atom is -0.450 e. The number of carbonyl (C=O) groups excluding carboxylic acids is 1. The largest absolute Gasteiger partial charge is 0.450 e. The van der Waals surface area contributed by atoms with Crippen LogP contribution in [0.15, 0.2) is 51.7 Å². The summed E-state index contributed by atoms with van der Waals surface area (Å²) in [6.07, 6.45) is 0.346. The van der Waals surface area contributed by atoms with Crippen LogP contribution in [0.1, 0.15) is 39.7 Å². The quantitative estimate of drug-likeness (QED) is 0.769. The van der Waals surface area contributed by atoms with Crippen LogP contribution in [-0.2, 0) is 0 Å². The molecule has 1 atom stereocenters. The van der Waals surface area contributed by atoms with Crippen LogP contribution >= 0.6 is 0 Å². The molecule has 5 nitrogen and oxygen atoms in total. The fraction of sp³-hybridized carbons (Fsp3) is 0.238. The second kappa shape index (κ2) is 6.63. The van der Waals surface area contributed by atoms with Gasteiger partial charge in [-0.1, -0.05) is 23.8 Å². The third kappa shape index (κ3) is 2.82. The van der Waals surface area contributed by atoms with Gasteiger partial charge in [-0.15, -0.1) is 0 Å². The summed E-state index contributed by atoms with van der Waals surface area (Å²) >= 11 is 0. The van der Waals surface area contributed by atoms with E-state index in [2.05, 4.69) is 0 Å². The summed E-state index contributed by atoms with van der Waals surface area (Å²) in [5.74, 6) is -0.882. The third-order valence-electron chi connectivity index (χ3n) is 4.84. The maximum atomic E-state index is 13.8. The zero-order valence-corrected chi connectivity index (χ0v) is 14.7. The molecule has 138 valence electrons. The summed E-state index contributed by atoms with van der Waals surface area (Å²) in [6, 6.07) is 10.3. The molecule has 27 heavy (non-hydrogen) atoms. The van der Waals surface area contributed by atoms with Gasteiger partial charge in [0.05, 0.1) is 17.0 Å². The molecule has 0 radical (unpaired) electrons. The predicted molar refractivity (Wildman–Crippen MR) is 98.2 cm³/mol. The smallest absolute Gasteiger partial charge is 0.290 e. The molecule has 4 rings (SSSR count). The summed E-state index contributed by atoms with van der Waals surface area (Å²) in [6.45, 7) is 2.00. The van der Waals surface area contributed by atoms with E-state index < -0.39 is 17.8 Å². The van der Waals surface area contributed by atoms with Gasteiger partial charge in [-0.2, -0.15) is 0 Å². The average molecular weight is 367 g/mol. The molecule has 2 aromatic carbocycles. The van der Waals surface area contributed by atoms with Gasteiger partial charge < -0.3 is 14.4 Å². The monoisotopic (exact) mass is 367 g/mol. The number of hydrogen-bond acceptors (Lipinski definition) is 4. The molecule has 1 amide bonds. The van der Waals surface area contributed by atoms with E-state index in [1.165, 1.54) is 17.0 Å². The average Bonchev–Trinajstić information content (AvgIpc) is 2.93. The van der Waals surface area contributed by atoms with Crippen molar-refractivity contribution in [3.63, 3.8) is 0 Å². The third-order valence-corrected chi connectivity index (χ3v) is 4.84. The number of benzene rings is 2. The Balaban J connectivity index is 1.99. The Morgan fingerprint density at radius 2 is 2.00 bits per heavy atom. The van der Waals surface area contributed by atoms with E-state index in [0.29, 0.717) is 23.0 Å². The maximum Gasteiger partial charge on any atom is 0.290 e. The zero-order valence-electron chi connectivity index (χ0n) is 14.7. The second-order valence-electron chi connectivity index (χ2n) is 6.71. The number of halogens is 1. The summed E-state index contributed by atoms with van der Waals surface area (Å²) in [5, 5.41) is 9.58. The number of carbonyl (C=O) groups is 1. The first-order chi connectivity index (χ1) is 13.0. The summed E-state index contributed by atoms with van der Waals surface area (Å²) in [4.78, 5) is 27.6. The Morgan fingerprint density at radius 3 is 2.74 bits per heavy atom. The van der Waals surface area contributed by atoms with Gasteiger partial charge in [0, 0.05) is 13.2 Å². The Morgan fingerprint density at radius 1 is 1.19 bits per heavy atom. The Bertz CT molecular complexity index is 1110. The van der Waals surface area contributed by atoms with Crippen LogP contribution in [0.2, 0.25) is 0 Å². The molecule has 0 saturated carbocycles. The van der Waals surface area contributed by atoms with Gasteiger partial charge in [-0.3, -0.25) is 9.59 Å². The molecule has 0 saturated heterocycles. The number of fused-ring (bicyclic) bond motifs is 2. The van der Waals surface area contributed by atoms with Gasteiger partial charge in [-0.05, 0) is 43.2 Å². The van der Waals surface area contributed by atoms with Crippen molar-refractivity contribution in [2.45, 2.75) is 19.4 Å². The molecule has 1 aliphatic heterocycles. The highest BCUT2D eigenvalue weighted by Gasteiger charge is 2.42. The topological polar surface area (TPSA) is 70.8 Å². The molecule has 3 aromatic rings. The van der Waals surface area contributed by atoms with E-state index in [1.54, 1.807) is 24.3 Å². The lowest BCUT2D eigenvalue weighted by atomic mass is 9.98. The molecular formula is C21H18FNO4. The standard InChI is InChI=1S/C21H18FNO4/c1-12-6-7-16-15(10-12)19(25)17-18(13-4-2-5-14(22)11-13)23(8-3-9-24)21(26)20(17)27-16/h2,4-7,10-11,18,24H,3,8-9H2,1H3/t18-/m1/s1. The Kier molecular flexibility index (Phi) is 4.28. The van der Waals surface area contributed by atoms with Crippen LogP contribution in [-0.4, -0.2) is 29.1 Å². The van der Waals surface area contributed by atoms with Crippen molar-refractivity contribution in [2.24, 2.45) is 0 Å². The maximum absolute atomic E-state index is 13.8. The van der Waals surface area contributed by atoms with Crippen LogP contribution in [0.5, 0.6) is 0 Å². The van der Waals surface area contributed by atoms with Crippen molar-refractivity contribution in [2.75, 3.05) is 13.2 Å². The molecule has 0 spiro atoms. The second-order valence-corrected chi connectivity index (χ2v) is 6.71.